The minimum absolute atomic E-state index is 0.00544. The van der Waals surface area contributed by atoms with Crippen molar-refractivity contribution in [3.05, 3.63) is 35.9 Å². The summed E-state index contributed by atoms with van der Waals surface area (Å²) in [5.74, 6) is -1.77. The number of fused-ring (bicyclic) bond motifs is 1. The fourth-order valence-corrected chi connectivity index (χ4v) is 8.82. The van der Waals surface area contributed by atoms with Crippen molar-refractivity contribution < 1.29 is 33.1 Å². The lowest BCUT2D eigenvalue weighted by molar-refractivity contribution is -0.144. The number of thioether (sulfide) groups is 1. The van der Waals surface area contributed by atoms with E-state index in [1.54, 1.807) is 20.8 Å². The fraction of sp³-hybridized carbons (Fsp3) is 0.676. The molecule has 5 atom stereocenters. The van der Waals surface area contributed by atoms with Crippen molar-refractivity contribution in [3.63, 3.8) is 0 Å². The normalized spacial score (nSPS) is 22.8. The summed E-state index contributed by atoms with van der Waals surface area (Å²) < 4.78 is 12.2. The minimum atomic E-state index is -2.16. The number of benzene rings is 1. The van der Waals surface area contributed by atoms with Crippen LogP contribution in [0.3, 0.4) is 0 Å². The third-order valence-electron chi connectivity index (χ3n) is 10.1. The zero-order valence-electron chi connectivity index (χ0n) is 31.8. The van der Waals surface area contributed by atoms with Crippen LogP contribution in [-0.2, 0) is 39.6 Å². The summed E-state index contributed by atoms with van der Waals surface area (Å²) in [4.78, 5) is 70.1. The molecule has 14 heteroatoms. The van der Waals surface area contributed by atoms with Crippen LogP contribution < -0.4 is 16.0 Å². The van der Waals surface area contributed by atoms with Crippen LogP contribution in [0.2, 0.25) is 18.1 Å². The fourth-order valence-electron chi connectivity index (χ4n) is 5.97. The largest absolute Gasteiger partial charge is 0.479 e. The highest BCUT2D eigenvalue weighted by Crippen LogP contribution is 2.37. The summed E-state index contributed by atoms with van der Waals surface area (Å²) in [5, 5.41) is 8.39. The summed E-state index contributed by atoms with van der Waals surface area (Å²) in [5.41, 5.74) is -0.531. The smallest absolute Gasteiger partial charge is 0.246 e. The monoisotopic (exact) mass is 762 g/mol. The van der Waals surface area contributed by atoms with Crippen molar-refractivity contribution in [1.29, 1.82) is 0 Å². The van der Waals surface area contributed by atoms with Gasteiger partial charge in [-0.25, -0.2) is 0 Å². The topological polar surface area (TPSA) is 143 Å². The maximum absolute atomic E-state index is 13.9. The van der Waals surface area contributed by atoms with Crippen molar-refractivity contribution in [2.24, 2.45) is 0 Å². The molecule has 0 saturated carbocycles. The van der Waals surface area contributed by atoms with Gasteiger partial charge in [0.05, 0.1) is 6.61 Å². The van der Waals surface area contributed by atoms with E-state index in [0.29, 0.717) is 43.2 Å². The van der Waals surface area contributed by atoms with Crippen molar-refractivity contribution in [3.8, 4) is 0 Å². The molecule has 3 rings (SSSR count). The van der Waals surface area contributed by atoms with Gasteiger partial charge >= 0.3 is 0 Å². The van der Waals surface area contributed by atoms with Gasteiger partial charge in [-0.2, -0.15) is 0 Å². The molecule has 4 amide bonds. The Morgan fingerprint density at radius 3 is 2.35 bits per heavy atom. The van der Waals surface area contributed by atoms with Crippen LogP contribution in [-0.4, -0.2) is 95.2 Å². The highest BCUT2D eigenvalue weighted by atomic mass is 32.2. The third-order valence-corrected chi connectivity index (χ3v) is 16.2. The molecular weight excluding hydrogens is 705 g/mol. The third kappa shape index (κ3) is 12.1. The Morgan fingerprint density at radius 2 is 1.73 bits per heavy atom. The Morgan fingerprint density at radius 1 is 1.06 bits per heavy atom. The summed E-state index contributed by atoms with van der Waals surface area (Å²) in [6.45, 7) is 18.2. The molecule has 2 heterocycles. The second-order valence-electron chi connectivity index (χ2n) is 15.6. The van der Waals surface area contributed by atoms with Crippen molar-refractivity contribution in [2.75, 3.05) is 13.2 Å². The van der Waals surface area contributed by atoms with E-state index >= 15 is 0 Å². The summed E-state index contributed by atoms with van der Waals surface area (Å²) in [6, 6.07) is 6.69. The first kappa shape index (κ1) is 42.6. The Balaban J connectivity index is 1.81. The predicted molar refractivity (Wildman–Crippen MR) is 208 cm³/mol. The summed E-state index contributed by atoms with van der Waals surface area (Å²) >= 11 is 6.78. The average Bonchev–Trinajstić information content (AvgIpc) is 3.54. The van der Waals surface area contributed by atoms with Crippen LogP contribution in [0.4, 0.5) is 0 Å². The van der Waals surface area contributed by atoms with Gasteiger partial charge in [-0.05, 0) is 95.7 Å². The lowest BCUT2D eigenvalue weighted by Crippen LogP contribution is -2.64. The van der Waals surface area contributed by atoms with Crippen LogP contribution in [0, 0.1) is 0 Å². The Labute approximate surface area is 314 Å². The van der Waals surface area contributed by atoms with Gasteiger partial charge in [-0.15, -0.1) is 0 Å². The Hall–Kier alpha value is -2.81. The number of Topliss-reactive ketones (excluding diaryl/α,β-unsaturated/α-hetero) is 1. The van der Waals surface area contributed by atoms with Crippen LogP contribution in [0.1, 0.15) is 92.6 Å². The summed E-state index contributed by atoms with van der Waals surface area (Å²) in [6.07, 6.45) is 2.11. The SMILES string of the molecule is CCOC(=S)SC(CCC(=O)[C@@H](C)O[Si](C)(C)C(C)(C)C)CC[C@@H]1NC(=O)[C@@H]2CCCN2C(=O)[C@H](Cc2ccccc2)NC(=O)C(C)(C)NC1=O. The highest BCUT2D eigenvalue weighted by molar-refractivity contribution is 8.23. The molecule has 0 aliphatic carbocycles. The van der Waals surface area contributed by atoms with Gasteiger partial charge in [-0.1, -0.05) is 62.9 Å². The number of carbonyl (C=O) groups is 5. The number of nitrogens with one attached hydrogen (secondary N) is 3. The molecule has 2 aliphatic rings. The van der Waals surface area contributed by atoms with Gasteiger partial charge in [-0.3, -0.25) is 24.0 Å². The predicted octanol–water partition coefficient (Wildman–Crippen LogP) is 5.06. The molecule has 0 spiro atoms. The lowest BCUT2D eigenvalue weighted by atomic mass is 9.98. The van der Waals surface area contributed by atoms with Crippen molar-refractivity contribution >= 4 is 66.1 Å². The number of nitrogens with zero attached hydrogens (tertiary/aromatic N) is 1. The molecule has 51 heavy (non-hydrogen) atoms. The van der Waals surface area contributed by atoms with E-state index in [2.05, 4.69) is 49.8 Å². The van der Waals surface area contributed by atoms with Crippen molar-refractivity contribution in [2.45, 2.75) is 147 Å². The zero-order valence-corrected chi connectivity index (χ0v) is 34.4. The van der Waals surface area contributed by atoms with E-state index in [9.17, 15) is 24.0 Å². The standard InChI is InChI=1S/C37H58N4O7S2Si/c1-10-47-35(49)50-26(19-21-30(42)24(2)48-51(8,9)36(3,4)5)18-20-27-31(43)40-37(6,7)34(46)39-28(23-25-15-12-11-13-16-25)33(45)41-22-14-17-29(41)32(44)38-27/h11-13,15-16,24,26-29H,10,14,17-23H2,1-9H3,(H,38,44)(H,39,46)(H,40,43)/t24-,26?,27+,28+,29+/m1/s1. The number of hydrogen-bond acceptors (Lipinski definition) is 9. The summed E-state index contributed by atoms with van der Waals surface area (Å²) in [7, 11) is -2.16. The van der Waals surface area contributed by atoms with Gasteiger partial charge in [0.1, 0.15) is 29.8 Å². The van der Waals surface area contributed by atoms with Gasteiger partial charge in [0.25, 0.3) is 0 Å². The quantitative estimate of drug-likeness (QED) is 0.186. The number of carbonyl (C=O) groups excluding carboxylic acids is 5. The molecule has 1 unspecified atom stereocenters. The number of thiocarbonyl (C=S) groups is 1. The number of rotatable bonds is 13. The minimum Gasteiger partial charge on any atom is -0.479 e. The van der Waals surface area contributed by atoms with Gasteiger partial charge in [0, 0.05) is 24.6 Å². The molecule has 2 fully saturated rings. The van der Waals surface area contributed by atoms with Gasteiger partial charge < -0.3 is 30.0 Å². The van der Waals surface area contributed by atoms with Crippen LogP contribution >= 0.6 is 24.0 Å². The van der Waals surface area contributed by atoms with Gasteiger partial charge in [0.2, 0.25) is 28.0 Å². The highest BCUT2D eigenvalue weighted by Gasteiger charge is 2.43. The first-order valence-corrected chi connectivity index (χ1v) is 22.3. The molecule has 0 radical (unpaired) electrons. The Bertz CT molecular complexity index is 1420. The average molecular weight is 763 g/mol. The van der Waals surface area contributed by atoms with E-state index in [1.165, 1.54) is 16.7 Å². The maximum atomic E-state index is 13.9. The molecule has 284 valence electrons. The van der Waals surface area contributed by atoms with Crippen LogP contribution in [0.5, 0.6) is 0 Å². The van der Waals surface area contributed by atoms with Crippen LogP contribution in [0.25, 0.3) is 0 Å². The first-order valence-electron chi connectivity index (χ1n) is 18.1. The Kier molecular flexibility index (Phi) is 15.3. The maximum Gasteiger partial charge on any atom is 0.246 e. The molecule has 1 aromatic rings. The molecule has 2 saturated heterocycles. The molecule has 11 nitrogen and oxygen atoms in total. The number of amides is 4. The van der Waals surface area contributed by atoms with E-state index < -0.39 is 55.8 Å². The molecule has 3 N–H and O–H groups in total. The second-order valence-corrected chi connectivity index (χ2v) is 22.3. The molecule has 0 bridgehead atoms. The van der Waals surface area contributed by atoms with E-state index in [1.807, 2.05) is 37.3 Å². The van der Waals surface area contributed by atoms with E-state index in [-0.39, 0.29) is 41.2 Å². The van der Waals surface area contributed by atoms with E-state index in [0.717, 1.165) is 5.56 Å². The number of hydrogen-bond donors (Lipinski definition) is 3. The zero-order chi connectivity index (χ0) is 38.1. The molecule has 1 aromatic carbocycles. The van der Waals surface area contributed by atoms with Gasteiger partial charge in [0.15, 0.2) is 14.1 Å². The number of ketones is 1. The first-order chi connectivity index (χ1) is 23.8. The number of ether oxygens (including phenoxy) is 1. The van der Waals surface area contributed by atoms with Crippen molar-refractivity contribution in [1.82, 2.24) is 20.9 Å². The second kappa shape index (κ2) is 18.3. The molecular formula is C37H58N4O7S2Si. The lowest BCUT2D eigenvalue weighted by Gasteiger charge is -2.38. The van der Waals surface area contributed by atoms with Crippen LogP contribution in [0.15, 0.2) is 30.3 Å². The molecule has 2 aliphatic heterocycles. The molecule has 0 aromatic heterocycles. The van der Waals surface area contributed by atoms with E-state index in [4.69, 9.17) is 21.4 Å².